The zero-order valence-corrected chi connectivity index (χ0v) is 8.99. The number of benzene rings is 1. The topological polar surface area (TPSA) is 66.9 Å². The molecule has 2 heterocycles. The van der Waals surface area contributed by atoms with Gasteiger partial charge in [-0.3, -0.25) is 4.79 Å². The van der Waals surface area contributed by atoms with Gasteiger partial charge < -0.3 is 10.6 Å². The van der Waals surface area contributed by atoms with Crippen molar-refractivity contribution in [2.75, 3.05) is 5.32 Å². The molecule has 2 N–H and O–H groups in total. The summed E-state index contributed by atoms with van der Waals surface area (Å²) in [7, 11) is 0. The van der Waals surface area contributed by atoms with Crippen molar-refractivity contribution in [3.8, 4) is 0 Å². The zero-order chi connectivity index (χ0) is 11.0. The molecule has 1 aliphatic heterocycles. The summed E-state index contributed by atoms with van der Waals surface area (Å²) in [6, 6.07) is 7.39. The minimum Gasteiger partial charge on any atom is -0.360 e. The third kappa shape index (κ3) is 1.43. The lowest BCUT2D eigenvalue weighted by molar-refractivity contribution is 0.0935. The molecule has 0 radical (unpaired) electrons. The molecule has 16 heavy (non-hydrogen) atoms. The third-order valence-corrected chi connectivity index (χ3v) is 2.94. The number of para-hydroxylation sites is 1. The maximum absolute atomic E-state index is 11.8. The van der Waals surface area contributed by atoms with Gasteiger partial charge in [0.1, 0.15) is 11.9 Å². The molecule has 1 aliphatic rings. The van der Waals surface area contributed by atoms with Crippen molar-refractivity contribution in [3.63, 3.8) is 0 Å². The number of nitrogens with zero attached hydrogens (tertiary/aromatic N) is 2. The Bertz CT molecular complexity index is 525. The van der Waals surface area contributed by atoms with Gasteiger partial charge in [-0.1, -0.05) is 16.6 Å². The number of carbonyl (C=O) groups is 1. The van der Waals surface area contributed by atoms with Crippen LogP contribution in [0.1, 0.15) is 22.2 Å². The van der Waals surface area contributed by atoms with E-state index < -0.39 is 0 Å². The van der Waals surface area contributed by atoms with E-state index >= 15 is 0 Å². The van der Waals surface area contributed by atoms with Crippen molar-refractivity contribution in [3.05, 3.63) is 40.9 Å². The summed E-state index contributed by atoms with van der Waals surface area (Å²) < 4.78 is 3.78. The van der Waals surface area contributed by atoms with Gasteiger partial charge >= 0.3 is 0 Å². The SMILES string of the molecule is O=C1N[C@@H](c2csnn2)Nc2ccccc21. The highest BCUT2D eigenvalue weighted by Crippen LogP contribution is 2.25. The van der Waals surface area contributed by atoms with Crippen molar-refractivity contribution in [2.45, 2.75) is 6.17 Å². The average Bonchev–Trinajstić information content (AvgIpc) is 2.82. The molecule has 5 nitrogen and oxygen atoms in total. The summed E-state index contributed by atoms with van der Waals surface area (Å²) in [6.45, 7) is 0. The van der Waals surface area contributed by atoms with Gasteiger partial charge in [-0.05, 0) is 23.7 Å². The fraction of sp³-hybridized carbons (Fsp3) is 0.100. The summed E-state index contributed by atoms with van der Waals surface area (Å²) >= 11 is 1.26. The molecule has 0 aliphatic carbocycles. The van der Waals surface area contributed by atoms with Crippen LogP contribution in [0.25, 0.3) is 0 Å². The summed E-state index contributed by atoms with van der Waals surface area (Å²) in [5.41, 5.74) is 2.21. The number of rotatable bonds is 1. The molecular weight excluding hydrogens is 224 g/mol. The number of aromatic nitrogens is 2. The summed E-state index contributed by atoms with van der Waals surface area (Å²) in [4.78, 5) is 11.8. The van der Waals surface area contributed by atoms with Gasteiger partial charge in [0, 0.05) is 11.1 Å². The van der Waals surface area contributed by atoms with Gasteiger partial charge in [0.05, 0.1) is 5.56 Å². The minimum atomic E-state index is -0.291. The Hall–Kier alpha value is -1.95. The number of hydrogen-bond donors (Lipinski definition) is 2. The second kappa shape index (κ2) is 3.57. The van der Waals surface area contributed by atoms with Gasteiger partial charge in [-0.2, -0.15) is 0 Å². The lowest BCUT2D eigenvalue weighted by Crippen LogP contribution is -2.38. The number of anilines is 1. The van der Waals surface area contributed by atoms with E-state index in [1.54, 1.807) is 6.07 Å². The molecule has 3 rings (SSSR count). The Morgan fingerprint density at radius 1 is 1.25 bits per heavy atom. The molecule has 1 atom stereocenters. The minimum absolute atomic E-state index is 0.0904. The highest BCUT2D eigenvalue weighted by molar-refractivity contribution is 7.03. The van der Waals surface area contributed by atoms with Crippen LogP contribution in [0.5, 0.6) is 0 Å². The predicted octanol–water partition coefficient (Wildman–Crippen LogP) is 1.39. The second-order valence-electron chi connectivity index (χ2n) is 3.43. The molecule has 0 fully saturated rings. The van der Waals surface area contributed by atoms with Crippen LogP contribution in [-0.2, 0) is 0 Å². The number of amides is 1. The lowest BCUT2D eigenvalue weighted by atomic mass is 10.1. The van der Waals surface area contributed by atoms with Crippen LogP contribution in [0.15, 0.2) is 29.6 Å². The first-order valence-corrected chi connectivity index (χ1v) is 5.61. The maximum Gasteiger partial charge on any atom is 0.255 e. The Morgan fingerprint density at radius 2 is 2.12 bits per heavy atom. The molecule has 80 valence electrons. The number of carbonyl (C=O) groups excluding carboxylic acids is 1. The van der Waals surface area contributed by atoms with E-state index in [1.165, 1.54) is 11.5 Å². The largest absolute Gasteiger partial charge is 0.360 e. The fourth-order valence-electron chi connectivity index (χ4n) is 1.65. The highest BCUT2D eigenvalue weighted by Gasteiger charge is 2.25. The fourth-order valence-corrected chi connectivity index (χ4v) is 2.13. The Labute approximate surface area is 95.7 Å². The van der Waals surface area contributed by atoms with Gasteiger partial charge in [0.2, 0.25) is 0 Å². The van der Waals surface area contributed by atoms with E-state index in [0.717, 1.165) is 11.4 Å². The van der Waals surface area contributed by atoms with Crippen molar-refractivity contribution >= 4 is 23.1 Å². The van der Waals surface area contributed by atoms with Crippen LogP contribution in [0, 0.1) is 0 Å². The Kier molecular flexibility index (Phi) is 2.07. The molecule has 2 aromatic rings. The van der Waals surface area contributed by atoms with E-state index in [9.17, 15) is 4.79 Å². The van der Waals surface area contributed by atoms with E-state index in [1.807, 2.05) is 23.6 Å². The quantitative estimate of drug-likeness (QED) is 0.779. The third-order valence-electron chi connectivity index (χ3n) is 2.42. The normalized spacial score (nSPS) is 18.5. The Morgan fingerprint density at radius 3 is 2.94 bits per heavy atom. The molecule has 0 spiro atoms. The number of hydrogen-bond acceptors (Lipinski definition) is 5. The molecule has 1 aromatic carbocycles. The van der Waals surface area contributed by atoms with Crippen molar-refractivity contribution in [1.29, 1.82) is 0 Å². The van der Waals surface area contributed by atoms with Crippen molar-refractivity contribution in [1.82, 2.24) is 14.9 Å². The van der Waals surface area contributed by atoms with Gasteiger partial charge in [0.15, 0.2) is 0 Å². The standard InChI is InChI=1S/C10H8N4OS/c15-10-6-3-1-2-4-7(6)11-9(12-10)8-5-16-14-13-8/h1-5,9,11H,(H,12,15)/t9-/m0/s1. The van der Waals surface area contributed by atoms with E-state index in [-0.39, 0.29) is 12.1 Å². The van der Waals surface area contributed by atoms with Gasteiger partial charge in [-0.25, -0.2) is 0 Å². The van der Waals surface area contributed by atoms with Crippen LogP contribution in [0.2, 0.25) is 0 Å². The molecule has 6 heteroatoms. The molecule has 1 amide bonds. The predicted molar refractivity (Wildman–Crippen MR) is 60.2 cm³/mol. The molecule has 0 saturated heterocycles. The summed E-state index contributed by atoms with van der Waals surface area (Å²) in [5, 5.41) is 11.8. The molecular formula is C10H8N4OS. The van der Waals surface area contributed by atoms with Crippen LogP contribution in [0.4, 0.5) is 5.69 Å². The van der Waals surface area contributed by atoms with Gasteiger partial charge in [-0.15, -0.1) is 5.10 Å². The first kappa shape index (κ1) is 9.29. The molecule has 0 unspecified atom stereocenters. The summed E-state index contributed by atoms with van der Waals surface area (Å²) in [5.74, 6) is -0.0904. The van der Waals surface area contributed by atoms with Crippen LogP contribution in [0.3, 0.4) is 0 Å². The smallest absolute Gasteiger partial charge is 0.255 e. The monoisotopic (exact) mass is 232 g/mol. The van der Waals surface area contributed by atoms with Gasteiger partial charge in [0.25, 0.3) is 5.91 Å². The molecule has 0 saturated carbocycles. The first-order chi connectivity index (χ1) is 7.84. The molecule has 1 aromatic heterocycles. The maximum atomic E-state index is 11.8. The van der Waals surface area contributed by atoms with E-state index in [4.69, 9.17) is 0 Å². The lowest BCUT2D eigenvalue weighted by Gasteiger charge is -2.26. The number of fused-ring (bicyclic) bond motifs is 1. The second-order valence-corrected chi connectivity index (χ2v) is 4.04. The highest BCUT2D eigenvalue weighted by atomic mass is 32.1. The van der Waals surface area contributed by atoms with E-state index in [0.29, 0.717) is 5.56 Å². The average molecular weight is 232 g/mol. The molecule has 0 bridgehead atoms. The van der Waals surface area contributed by atoms with Crippen molar-refractivity contribution < 1.29 is 4.79 Å². The van der Waals surface area contributed by atoms with Crippen LogP contribution >= 0.6 is 11.5 Å². The van der Waals surface area contributed by atoms with E-state index in [2.05, 4.69) is 20.2 Å². The number of nitrogens with one attached hydrogen (secondary N) is 2. The zero-order valence-electron chi connectivity index (χ0n) is 8.18. The Balaban J connectivity index is 1.98. The van der Waals surface area contributed by atoms with Crippen molar-refractivity contribution in [2.24, 2.45) is 0 Å². The first-order valence-electron chi connectivity index (χ1n) is 4.78. The summed E-state index contributed by atoms with van der Waals surface area (Å²) in [6.07, 6.45) is -0.291. The van der Waals surface area contributed by atoms with Crippen LogP contribution in [-0.4, -0.2) is 15.5 Å². The van der Waals surface area contributed by atoms with Crippen LogP contribution < -0.4 is 10.6 Å².